The molecule has 1 aliphatic heterocycles. The highest BCUT2D eigenvalue weighted by molar-refractivity contribution is 7.11. The third-order valence-corrected chi connectivity index (χ3v) is 5.59. The van der Waals surface area contributed by atoms with E-state index in [-0.39, 0.29) is 0 Å². The second-order valence-electron chi connectivity index (χ2n) is 5.91. The molecule has 3 heteroatoms. The lowest BCUT2D eigenvalue weighted by molar-refractivity contribution is 0.0895. The van der Waals surface area contributed by atoms with Crippen molar-refractivity contribution in [1.82, 2.24) is 10.2 Å². The summed E-state index contributed by atoms with van der Waals surface area (Å²) in [6, 6.07) is 5.92. The molecule has 1 N–H and O–H groups in total. The molecule has 1 aromatic rings. The first-order valence-electron chi connectivity index (χ1n) is 7.69. The first-order chi connectivity index (χ1) is 9.13. The summed E-state index contributed by atoms with van der Waals surface area (Å²) >= 11 is 1.99. The van der Waals surface area contributed by atoms with Crippen LogP contribution in [0.15, 0.2) is 12.1 Å². The number of rotatable bonds is 5. The van der Waals surface area contributed by atoms with Gasteiger partial charge in [-0.15, -0.1) is 11.3 Å². The molecule has 1 aliphatic rings. The molecular weight excluding hydrogens is 252 g/mol. The summed E-state index contributed by atoms with van der Waals surface area (Å²) in [6.45, 7) is 12.7. The van der Waals surface area contributed by atoms with Gasteiger partial charge < -0.3 is 5.32 Å². The molecular formula is C16H28N2S. The van der Waals surface area contributed by atoms with E-state index in [2.05, 4.69) is 50.0 Å². The topological polar surface area (TPSA) is 15.3 Å². The van der Waals surface area contributed by atoms with E-state index in [1.165, 1.54) is 22.7 Å². The van der Waals surface area contributed by atoms with Crippen LogP contribution in [0, 0.1) is 5.92 Å². The molecule has 1 fully saturated rings. The average Bonchev–Trinajstić information content (AvgIpc) is 2.86. The maximum absolute atomic E-state index is 3.64. The van der Waals surface area contributed by atoms with E-state index in [1.54, 1.807) is 0 Å². The Hall–Kier alpha value is -0.380. The highest BCUT2D eigenvalue weighted by atomic mass is 32.1. The van der Waals surface area contributed by atoms with Crippen LogP contribution >= 0.6 is 11.3 Å². The molecule has 2 rings (SSSR count). The van der Waals surface area contributed by atoms with Crippen LogP contribution in [0.4, 0.5) is 0 Å². The Labute approximate surface area is 122 Å². The second-order valence-corrected chi connectivity index (χ2v) is 7.17. The van der Waals surface area contributed by atoms with E-state index in [9.17, 15) is 0 Å². The predicted octanol–water partition coefficient (Wildman–Crippen LogP) is 3.52. The first-order valence-corrected chi connectivity index (χ1v) is 8.50. The van der Waals surface area contributed by atoms with Crippen molar-refractivity contribution in [2.75, 3.05) is 13.1 Å². The SMILES string of the molecule is CCc1ccc(CN2CC(C)NCC2C(C)CC)s1. The Morgan fingerprint density at radius 3 is 2.74 bits per heavy atom. The van der Waals surface area contributed by atoms with E-state index in [1.807, 2.05) is 11.3 Å². The van der Waals surface area contributed by atoms with Crippen molar-refractivity contribution in [1.29, 1.82) is 0 Å². The lowest BCUT2D eigenvalue weighted by Crippen LogP contribution is -2.57. The maximum atomic E-state index is 3.64. The molecule has 108 valence electrons. The van der Waals surface area contributed by atoms with Gasteiger partial charge in [0.2, 0.25) is 0 Å². The summed E-state index contributed by atoms with van der Waals surface area (Å²) in [5, 5.41) is 3.64. The van der Waals surface area contributed by atoms with Crippen molar-refractivity contribution in [2.24, 2.45) is 5.92 Å². The van der Waals surface area contributed by atoms with Crippen LogP contribution in [0.1, 0.15) is 43.9 Å². The monoisotopic (exact) mass is 280 g/mol. The molecule has 19 heavy (non-hydrogen) atoms. The van der Waals surface area contributed by atoms with E-state index in [4.69, 9.17) is 0 Å². The normalized spacial score (nSPS) is 26.5. The van der Waals surface area contributed by atoms with E-state index in [0.717, 1.165) is 25.4 Å². The van der Waals surface area contributed by atoms with Gasteiger partial charge >= 0.3 is 0 Å². The smallest absolute Gasteiger partial charge is 0.0332 e. The first kappa shape index (κ1) is 15.0. The van der Waals surface area contributed by atoms with Crippen molar-refractivity contribution in [3.05, 3.63) is 21.9 Å². The molecule has 1 saturated heterocycles. The van der Waals surface area contributed by atoms with Gasteiger partial charge in [-0.25, -0.2) is 0 Å². The van der Waals surface area contributed by atoms with Crippen molar-refractivity contribution in [3.63, 3.8) is 0 Å². The fourth-order valence-electron chi connectivity index (χ4n) is 2.92. The minimum absolute atomic E-state index is 0.617. The minimum atomic E-state index is 0.617. The standard InChI is InChI=1S/C16H28N2S/c1-5-12(3)16-9-17-13(4)10-18(16)11-15-8-7-14(6-2)19-15/h7-8,12-13,16-17H,5-6,9-11H2,1-4H3. The molecule has 2 heterocycles. The van der Waals surface area contributed by atoms with Gasteiger partial charge in [-0.05, 0) is 31.4 Å². The quantitative estimate of drug-likeness (QED) is 0.888. The van der Waals surface area contributed by atoms with Gasteiger partial charge in [0.25, 0.3) is 0 Å². The van der Waals surface area contributed by atoms with Gasteiger partial charge in [-0.3, -0.25) is 4.90 Å². The summed E-state index contributed by atoms with van der Waals surface area (Å²) in [5.74, 6) is 0.769. The largest absolute Gasteiger partial charge is 0.311 e. The van der Waals surface area contributed by atoms with E-state index >= 15 is 0 Å². The van der Waals surface area contributed by atoms with Crippen molar-refractivity contribution in [3.8, 4) is 0 Å². The number of thiophene rings is 1. The lowest BCUT2D eigenvalue weighted by Gasteiger charge is -2.42. The molecule has 0 amide bonds. The fourth-order valence-corrected chi connectivity index (χ4v) is 3.90. The zero-order valence-corrected chi connectivity index (χ0v) is 13.6. The van der Waals surface area contributed by atoms with Crippen LogP contribution in [0.5, 0.6) is 0 Å². The average molecular weight is 280 g/mol. The van der Waals surface area contributed by atoms with Gasteiger partial charge in [-0.2, -0.15) is 0 Å². The maximum Gasteiger partial charge on any atom is 0.0332 e. The van der Waals surface area contributed by atoms with Crippen LogP contribution in [0.3, 0.4) is 0 Å². The third kappa shape index (κ3) is 3.80. The number of nitrogens with one attached hydrogen (secondary N) is 1. The van der Waals surface area contributed by atoms with Crippen LogP contribution in [0.2, 0.25) is 0 Å². The Balaban J connectivity index is 2.04. The zero-order valence-electron chi connectivity index (χ0n) is 12.8. The summed E-state index contributed by atoms with van der Waals surface area (Å²) < 4.78 is 0. The molecule has 0 spiro atoms. The molecule has 1 aromatic heterocycles. The summed E-state index contributed by atoms with van der Waals surface area (Å²) in [6.07, 6.45) is 2.43. The molecule has 0 aromatic carbocycles. The van der Waals surface area contributed by atoms with Gasteiger partial charge in [0, 0.05) is 41.5 Å². The Morgan fingerprint density at radius 2 is 2.11 bits per heavy atom. The number of hydrogen-bond donors (Lipinski definition) is 1. The Kier molecular flexibility index (Phi) is 5.43. The van der Waals surface area contributed by atoms with Gasteiger partial charge in [0.15, 0.2) is 0 Å². The molecule has 3 unspecified atom stereocenters. The number of piperazine rings is 1. The molecule has 3 atom stereocenters. The van der Waals surface area contributed by atoms with Gasteiger partial charge in [0.05, 0.1) is 0 Å². The van der Waals surface area contributed by atoms with Crippen molar-refractivity contribution < 1.29 is 0 Å². The fraction of sp³-hybridized carbons (Fsp3) is 0.750. The highest BCUT2D eigenvalue weighted by Crippen LogP contribution is 2.24. The Bertz CT molecular complexity index is 388. The van der Waals surface area contributed by atoms with Gasteiger partial charge in [-0.1, -0.05) is 27.2 Å². The van der Waals surface area contributed by atoms with Gasteiger partial charge in [0.1, 0.15) is 0 Å². The zero-order chi connectivity index (χ0) is 13.8. The molecule has 0 radical (unpaired) electrons. The van der Waals surface area contributed by atoms with Crippen LogP contribution in [0.25, 0.3) is 0 Å². The molecule has 2 nitrogen and oxygen atoms in total. The predicted molar refractivity (Wildman–Crippen MR) is 84.8 cm³/mol. The third-order valence-electron chi connectivity index (χ3n) is 4.38. The summed E-state index contributed by atoms with van der Waals surface area (Å²) in [4.78, 5) is 5.73. The van der Waals surface area contributed by atoms with Crippen molar-refractivity contribution >= 4 is 11.3 Å². The Morgan fingerprint density at radius 1 is 1.37 bits per heavy atom. The van der Waals surface area contributed by atoms with Crippen LogP contribution in [-0.4, -0.2) is 30.1 Å². The molecule has 0 saturated carbocycles. The summed E-state index contributed by atoms with van der Waals surface area (Å²) in [7, 11) is 0. The van der Waals surface area contributed by atoms with Crippen LogP contribution < -0.4 is 5.32 Å². The summed E-state index contributed by atoms with van der Waals surface area (Å²) in [5.41, 5.74) is 0. The number of hydrogen-bond acceptors (Lipinski definition) is 3. The van der Waals surface area contributed by atoms with Crippen LogP contribution in [-0.2, 0) is 13.0 Å². The second kappa shape index (κ2) is 6.87. The number of aryl methyl sites for hydroxylation is 1. The van der Waals surface area contributed by atoms with Crippen molar-refractivity contribution in [2.45, 2.75) is 59.2 Å². The van der Waals surface area contributed by atoms with E-state index < -0.39 is 0 Å². The lowest BCUT2D eigenvalue weighted by atomic mass is 9.94. The van der Waals surface area contributed by atoms with E-state index in [0.29, 0.717) is 12.1 Å². The molecule has 0 bridgehead atoms. The number of nitrogens with zero attached hydrogens (tertiary/aromatic N) is 1. The highest BCUT2D eigenvalue weighted by Gasteiger charge is 2.29. The molecule has 0 aliphatic carbocycles. The minimum Gasteiger partial charge on any atom is -0.311 e.